The van der Waals surface area contributed by atoms with E-state index in [4.69, 9.17) is 10.5 Å². The molecule has 0 bridgehead atoms. The molecule has 0 atom stereocenters. The molecule has 0 saturated carbocycles. The molecule has 1 aliphatic rings. The number of morpholine rings is 1. The van der Waals surface area contributed by atoms with E-state index in [9.17, 15) is 4.79 Å². The van der Waals surface area contributed by atoms with Crippen molar-refractivity contribution in [1.29, 1.82) is 0 Å². The fourth-order valence-corrected chi connectivity index (χ4v) is 1.61. The summed E-state index contributed by atoms with van der Waals surface area (Å²) in [5.74, 6) is 0.746. The number of carbonyl (C=O) groups is 1. The summed E-state index contributed by atoms with van der Waals surface area (Å²) in [6.07, 6.45) is 0. The molecular formula is C10H17N7O2. The summed E-state index contributed by atoms with van der Waals surface area (Å²) in [5.41, 5.74) is 5.64. The summed E-state index contributed by atoms with van der Waals surface area (Å²) in [5, 5.41) is 5.30. The number of aromatic nitrogens is 3. The van der Waals surface area contributed by atoms with Crippen molar-refractivity contribution in [3.8, 4) is 0 Å². The highest BCUT2D eigenvalue weighted by atomic mass is 16.5. The van der Waals surface area contributed by atoms with Crippen LogP contribution in [0.5, 0.6) is 0 Å². The van der Waals surface area contributed by atoms with Gasteiger partial charge in [0, 0.05) is 20.1 Å². The third-order valence-corrected chi connectivity index (χ3v) is 2.62. The van der Waals surface area contributed by atoms with Crippen LogP contribution in [0.15, 0.2) is 0 Å². The lowest BCUT2D eigenvalue weighted by atomic mass is 10.4. The van der Waals surface area contributed by atoms with Crippen LogP contribution in [-0.4, -0.2) is 60.8 Å². The number of likely N-dealkylation sites (N-methyl/N-ethyl adjacent to an activating group) is 1. The molecule has 1 aromatic heterocycles. The number of rotatable bonds is 4. The van der Waals surface area contributed by atoms with Gasteiger partial charge in [0.1, 0.15) is 0 Å². The highest BCUT2D eigenvalue weighted by molar-refractivity contribution is 5.79. The Hall–Kier alpha value is -2.16. The van der Waals surface area contributed by atoms with Gasteiger partial charge in [-0.25, -0.2) is 0 Å². The van der Waals surface area contributed by atoms with Crippen LogP contribution in [0.25, 0.3) is 0 Å². The summed E-state index contributed by atoms with van der Waals surface area (Å²) in [4.78, 5) is 25.4. The number of hydrogen-bond donors (Lipinski definition) is 3. The van der Waals surface area contributed by atoms with Crippen LogP contribution in [0.2, 0.25) is 0 Å². The number of hydrogen-bond acceptors (Lipinski definition) is 8. The van der Waals surface area contributed by atoms with Crippen LogP contribution >= 0.6 is 0 Å². The zero-order valence-electron chi connectivity index (χ0n) is 10.7. The van der Waals surface area contributed by atoms with Crippen molar-refractivity contribution in [2.24, 2.45) is 0 Å². The Morgan fingerprint density at radius 2 is 2.11 bits per heavy atom. The molecule has 1 aliphatic heterocycles. The SMILES string of the molecule is CNC(=O)CNc1nc(N)nc(N2CCOCC2)n1. The Labute approximate surface area is 110 Å². The number of nitrogens with one attached hydrogen (secondary N) is 2. The van der Waals surface area contributed by atoms with Gasteiger partial charge in [-0.05, 0) is 0 Å². The number of nitrogens with zero attached hydrogens (tertiary/aromatic N) is 4. The molecule has 1 saturated heterocycles. The molecule has 1 aromatic rings. The molecule has 9 heteroatoms. The lowest BCUT2D eigenvalue weighted by Crippen LogP contribution is -2.37. The van der Waals surface area contributed by atoms with Crippen LogP contribution < -0.4 is 21.3 Å². The van der Waals surface area contributed by atoms with Crippen molar-refractivity contribution in [2.75, 3.05) is 55.8 Å². The summed E-state index contributed by atoms with van der Waals surface area (Å²) < 4.78 is 5.26. The molecule has 0 unspecified atom stereocenters. The van der Waals surface area contributed by atoms with Gasteiger partial charge in [-0.1, -0.05) is 0 Å². The third-order valence-electron chi connectivity index (χ3n) is 2.62. The Bertz CT molecular complexity index is 448. The summed E-state index contributed by atoms with van der Waals surface area (Å²) in [6, 6.07) is 0. The van der Waals surface area contributed by atoms with Gasteiger partial charge < -0.3 is 26.0 Å². The fourth-order valence-electron chi connectivity index (χ4n) is 1.61. The van der Waals surface area contributed by atoms with Gasteiger partial charge in [-0.3, -0.25) is 4.79 Å². The topological polar surface area (TPSA) is 118 Å². The normalized spacial score (nSPS) is 15.1. The van der Waals surface area contributed by atoms with E-state index in [-0.39, 0.29) is 24.3 Å². The molecule has 2 heterocycles. The molecular weight excluding hydrogens is 250 g/mol. The Kier molecular flexibility index (Phi) is 4.29. The number of amides is 1. The van der Waals surface area contributed by atoms with E-state index < -0.39 is 0 Å². The Morgan fingerprint density at radius 1 is 1.37 bits per heavy atom. The third kappa shape index (κ3) is 3.65. The van der Waals surface area contributed by atoms with Crippen molar-refractivity contribution in [3.05, 3.63) is 0 Å². The Balaban J connectivity index is 2.07. The largest absolute Gasteiger partial charge is 0.378 e. The van der Waals surface area contributed by atoms with Crippen LogP contribution in [0, 0.1) is 0 Å². The van der Waals surface area contributed by atoms with Gasteiger partial charge in [0.2, 0.25) is 23.8 Å². The second-order valence-corrected chi connectivity index (χ2v) is 3.94. The molecule has 4 N–H and O–H groups in total. The summed E-state index contributed by atoms with van der Waals surface area (Å²) in [7, 11) is 1.56. The van der Waals surface area contributed by atoms with Crippen LogP contribution in [0.3, 0.4) is 0 Å². The second kappa shape index (κ2) is 6.14. The first-order valence-electron chi connectivity index (χ1n) is 5.97. The number of nitrogens with two attached hydrogens (primary N) is 1. The van der Waals surface area contributed by atoms with E-state index in [1.54, 1.807) is 7.05 Å². The smallest absolute Gasteiger partial charge is 0.239 e. The first-order valence-corrected chi connectivity index (χ1v) is 5.97. The molecule has 0 aliphatic carbocycles. The van der Waals surface area contributed by atoms with E-state index in [0.29, 0.717) is 32.3 Å². The Morgan fingerprint density at radius 3 is 2.79 bits per heavy atom. The van der Waals surface area contributed by atoms with Crippen molar-refractivity contribution >= 4 is 23.8 Å². The van der Waals surface area contributed by atoms with Crippen LogP contribution in [0.1, 0.15) is 0 Å². The molecule has 0 radical (unpaired) electrons. The molecule has 104 valence electrons. The van der Waals surface area contributed by atoms with E-state index in [1.165, 1.54) is 0 Å². The highest BCUT2D eigenvalue weighted by Gasteiger charge is 2.15. The van der Waals surface area contributed by atoms with Gasteiger partial charge in [0.05, 0.1) is 19.8 Å². The van der Waals surface area contributed by atoms with Crippen molar-refractivity contribution in [1.82, 2.24) is 20.3 Å². The number of anilines is 3. The van der Waals surface area contributed by atoms with E-state index in [1.807, 2.05) is 4.90 Å². The maximum atomic E-state index is 11.2. The number of ether oxygens (including phenoxy) is 1. The molecule has 2 rings (SSSR count). The first kappa shape index (κ1) is 13.3. The fraction of sp³-hybridized carbons (Fsp3) is 0.600. The maximum absolute atomic E-state index is 11.2. The van der Waals surface area contributed by atoms with E-state index in [2.05, 4.69) is 25.6 Å². The first-order chi connectivity index (χ1) is 9.19. The highest BCUT2D eigenvalue weighted by Crippen LogP contribution is 2.13. The quantitative estimate of drug-likeness (QED) is 0.600. The molecule has 0 spiro atoms. The monoisotopic (exact) mass is 267 g/mol. The number of carbonyl (C=O) groups excluding carboxylic acids is 1. The zero-order valence-corrected chi connectivity index (χ0v) is 10.7. The molecule has 1 fully saturated rings. The van der Waals surface area contributed by atoms with Crippen LogP contribution in [-0.2, 0) is 9.53 Å². The van der Waals surface area contributed by atoms with Crippen molar-refractivity contribution in [2.45, 2.75) is 0 Å². The minimum atomic E-state index is -0.160. The molecule has 19 heavy (non-hydrogen) atoms. The summed E-state index contributed by atoms with van der Waals surface area (Å²) in [6.45, 7) is 2.76. The average molecular weight is 267 g/mol. The van der Waals surface area contributed by atoms with Crippen molar-refractivity contribution in [3.63, 3.8) is 0 Å². The minimum absolute atomic E-state index is 0.0858. The van der Waals surface area contributed by atoms with Gasteiger partial charge in [0.25, 0.3) is 0 Å². The lowest BCUT2D eigenvalue weighted by molar-refractivity contribution is -0.118. The predicted octanol–water partition coefficient (Wildman–Crippen LogP) is -1.55. The van der Waals surface area contributed by atoms with Gasteiger partial charge >= 0.3 is 0 Å². The second-order valence-electron chi connectivity index (χ2n) is 3.94. The maximum Gasteiger partial charge on any atom is 0.239 e. The van der Waals surface area contributed by atoms with Crippen molar-refractivity contribution < 1.29 is 9.53 Å². The molecule has 9 nitrogen and oxygen atoms in total. The predicted molar refractivity (Wildman–Crippen MR) is 69.8 cm³/mol. The van der Waals surface area contributed by atoms with E-state index >= 15 is 0 Å². The zero-order chi connectivity index (χ0) is 13.7. The van der Waals surface area contributed by atoms with Gasteiger partial charge in [-0.15, -0.1) is 0 Å². The number of nitrogen functional groups attached to an aromatic ring is 1. The van der Waals surface area contributed by atoms with Crippen LogP contribution in [0.4, 0.5) is 17.8 Å². The molecule has 1 amide bonds. The van der Waals surface area contributed by atoms with Gasteiger partial charge in [0.15, 0.2) is 0 Å². The van der Waals surface area contributed by atoms with Gasteiger partial charge in [-0.2, -0.15) is 15.0 Å². The molecule has 0 aromatic carbocycles. The minimum Gasteiger partial charge on any atom is -0.378 e. The average Bonchev–Trinajstić information content (AvgIpc) is 2.45. The lowest BCUT2D eigenvalue weighted by Gasteiger charge is -2.26. The standard InChI is InChI=1S/C10H17N7O2/c1-12-7(18)6-13-9-14-8(11)15-10(16-9)17-2-4-19-5-3-17/h2-6H2,1H3,(H,12,18)(H3,11,13,14,15,16). The summed E-state index contributed by atoms with van der Waals surface area (Å²) >= 11 is 0. The van der Waals surface area contributed by atoms with E-state index in [0.717, 1.165) is 0 Å².